The van der Waals surface area contributed by atoms with Crippen LogP contribution in [0, 0.1) is 5.41 Å². The molecule has 82 valence electrons. The molecule has 0 saturated heterocycles. The van der Waals surface area contributed by atoms with E-state index in [9.17, 15) is 5.11 Å². The SMILES string of the molecule is C=C/C=C1/C=CC(C(C)(C)CO)=CN1C. The van der Waals surface area contributed by atoms with Crippen molar-refractivity contribution >= 4 is 0 Å². The van der Waals surface area contributed by atoms with Crippen molar-refractivity contribution in [2.75, 3.05) is 13.7 Å². The lowest BCUT2D eigenvalue weighted by Gasteiger charge is -2.29. The summed E-state index contributed by atoms with van der Waals surface area (Å²) in [6.07, 6.45) is 9.85. The zero-order valence-corrected chi connectivity index (χ0v) is 9.70. The van der Waals surface area contributed by atoms with Crippen LogP contribution < -0.4 is 0 Å². The smallest absolute Gasteiger partial charge is 0.0523 e. The predicted octanol–water partition coefficient (Wildman–Crippen LogP) is 2.46. The first-order valence-electron chi connectivity index (χ1n) is 5.08. The molecular formula is C13H19NO. The molecule has 15 heavy (non-hydrogen) atoms. The van der Waals surface area contributed by atoms with Crippen LogP contribution in [0.4, 0.5) is 0 Å². The first-order chi connectivity index (χ1) is 7.01. The minimum absolute atomic E-state index is 0.150. The van der Waals surface area contributed by atoms with E-state index in [1.165, 1.54) is 0 Å². The first-order valence-corrected chi connectivity index (χ1v) is 5.08. The highest BCUT2D eigenvalue weighted by atomic mass is 16.3. The number of rotatable bonds is 3. The quantitative estimate of drug-likeness (QED) is 0.765. The maximum Gasteiger partial charge on any atom is 0.0523 e. The molecule has 0 saturated carbocycles. The molecule has 0 aromatic rings. The summed E-state index contributed by atoms with van der Waals surface area (Å²) in [6.45, 7) is 7.88. The Morgan fingerprint density at radius 1 is 1.47 bits per heavy atom. The van der Waals surface area contributed by atoms with Crippen molar-refractivity contribution < 1.29 is 5.11 Å². The average Bonchev–Trinajstić information content (AvgIpc) is 2.21. The molecular weight excluding hydrogens is 186 g/mol. The summed E-state index contributed by atoms with van der Waals surface area (Å²) in [7, 11) is 1.99. The van der Waals surface area contributed by atoms with E-state index >= 15 is 0 Å². The van der Waals surface area contributed by atoms with E-state index < -0.39 is 0 Å². The van der Waals surface area contributed by atoms with Gasteiger partial charge in [0.2, 0.25) is 0 Å². The van der Waals surface area contributed by atoms with Crippen LogP contribution in [0.25, 0.3) is 0 Å². The van der Waals surface area contributed by atoms with Gasteiger partial charge in [0.15, 0.2) is 0 Å². The molecule has 0 aliphatic carbocycles. The van der Waals surface area contributed by atoms with Gasteiger partial charge in [0.05, 0.1) is 6.61 Å². The summed E-state index contributed by atoms with van der Waals surface area (Å²) in [5.41, 5.74) is 2.04. The van der Waals surface area contributed by atoms with Crippen molar-refractivity contribution in [2.45, 2.75) is 13.8 Å². The van der Waals surface area contributed by atoms with Crippen molar-refractivity contribution in [3.63, 3.8) is 0 Å². The number of aliphatic hydroxyl groups is 1. The minimum atomic E-state index is -0.190. The minimum Gasteiger partial charge on any atom is -0.395 e. The Hall–Kier alpha value is -1.28. The summed E-state index contributed by atoms with van der Waals surface area (Å²) in [5, 5.41) is 9.28. The van der Waals surface area contributed by atoms with Crippen LogP contribution in [-0.4, -0.2) is 23.7 Å². The van der Waals surface area contributed by atoms with E-state index in [0.29, 0.717) is 0 Å². The van der Waals surface area contributed by atoms with Crippen molar-refractivity contribution in [2.24, 2.45) is 5.41 Å². The lowest BCUT2D eigenvalue weighted by atomic mass is 9.84. The third-order valence-electron chi connectivity index (χ3n) is 2.64. The van der Waals surface area contributed by atoms with Crippen LogP contribution >= 0.6 is 0 Å². The molecule has 1 rings (SSSR count). The Kier molecular flexibility index (Phi) is 3.53. The van der Waals surface area contributed by atoms with Crippen LogP contribution in [0.15, 0.2) is 48.4 Å². The van der Waals surface area contributed by atoms with Crippen LogP contribution in [0.3, 0.4) is 0 Å². The van der Waals surface area contributed by atoms with Crippen molar-refractivity contribution in [3.8, 4) is 0 Å². The van der Waals surface area contributed by atoms with Gasteiger partial charge in [0.25, 0.3) is 0 Å². The van der Waals surface area contributed by atoms with E-state index in [0.717, 1.165) is 11.3 Å². The normalized spacial score (nSPS) is 19.3. The number of nitrogens with zero attached hydrogens (tertiary/aromatic N) is 1. The molecule has 2 nitrogen and oxygen atoms in total. The maximum atomic E-state index is 9.28. The maximum absolute atomic E-state index is 9.28. The zero-order chi connectivity index (χ0) is 11.5. The van der Waals surface area contributed by atoms with Crippen molar-refractivity contribution in [3.05, 3.63) is 48.4 Å². The van der Waals surface area contributed by atoms with Gasteiger partial charge in [-0.25, -0.2) is 0 Å². The number of allylic oxidation sites excluding steroid dienone is 4. The molecule has 1 aliphatic heterocycles. The van der Waals surface area contributed by atoms with Gasteiger partial charge in [-0.1, -0.05) is 32.6 Å². The fourth-order valence-electron chi connectivity index (χ4n) is 1.40. The summed E-state index contributed by atoms with van der Waals surface area (Å²) in [6, 6.07) is 0. The Labute approximate surface area is 91.9 Å². The van der Waals surface area contributed by atoms with Gasteiger partial charge >= 0.3 is 0 Å². The lowest BCUT2D eigenvalue weighted by Crippen LogP contribution is -2.23. The van der Waals surface area contributed by atoms with E-state index in [2.05, 4.69) is 6.58 Å². The average molecular weight is 205 g/mol. The molecule has 1 aliphatic rings. The van der Waals surface area contributed by atoms with Crippen LogP contribution in [0.5, 0.6) is 0 Å². The molecule has 0 aromatic carbocycles. The molecule has 0 unspecified atom stereocenters. The summed E-state index contributed by atoms with van der Waals surface area (Å²) < 4.78 is 0. The van der Waals surface area contributed by atoms with Gasteiger partial charge in [-0.2, -0.15) is 0 Å². The monoisotopic (exact) mass is 205 g/mol. The van der Waals surface area contributed by atoms with Gasteiger partial charge in [0.1, 0.15) is 0 Å². The van der Waals surface area contributed by atoms with Gasteiger partial charge in [0, 0.05) is 24.4 Å². The lowest BCUT2D eigenvalue weighted by molar-refractivity contribution is 0.191. The van der Waals surface area contributed by atoms with E-state index in [1.807, 2.05) is 50.2 Å². The molecule has 1 heterocycles. The highest BCUT2D eigenvalue weighted by Gasteiger charge is 2.22. The first kappa shape index (κ1) is 11.8. The molecule has 1 N–H and O–H groups in total. The fourth-order valence-corrected chi connectivity index (χ4v) is 1.40. The molecule has 0 bridgehead atoms. The second-order valence-electron chi connectivity index (χ2n) is 4.40. The van der Waals surface area contributed by atoms with E-state index in [-0.39, 0.29) is 12.0 Å². The summed E-state index contributed by atoms with van der Waals surface area (Å²) in [5.74, 6) is 0. The van der Waals surface area contributed by atoms with Crippen molar-refractivity contribution in [1.29, 1.82) is 0 Å². The van der Waals surface area contributed by atoms with Crippen LogP contribution in [0.2, 0.25) is 0 Å². The molecule has 0 amide bonds. The summed E-state index contributed by atoms with van der Waals surface area (Å²) >= 11 is 0. The second-order valence-corrected chi connectivity index (χ2v) is 4.40. The standard InChI is InChI=1S/C13H19NO/c1-5-6-12-8-7-11(9-14(12)4)13(2,3)10-15/h5-9,15H,1,10H2,2-4H3/b12-6-. The van der Waals surface area contributed by atoms with Gasteiger partial charge in [-0.3, -0.25) is 0 Å². The topological polar surface area (TPSA) is 23.5 Å². The highest BCUT2D eigenvalue weighted by Crippen LogP contribution is 2.30. The molecule has 0 fully saturated rings. The molecule has 0 spiro atoms. The van der Waals surface area contributed by atoms with Gasteiger partial charge in [-0.15, -0.1) is 0 Å². The Morgan fingerprint density at radius 2 is 2.13 bits per heavy atom. The van der Waals surface area contributed by atoms with E-state index in [4.69, 9.17) is 0 Å². The van der Waals surface area contributed by atoms with E-state index in [1.54, 1.807) is 6.08 Å². The molecule has 0 atom stereocenters. The second kappa shape index (κ2) is 4.49. The highest BCUT2D eigenvalue weighted by molar-refractivity contribution is 5.37. The number of hydrogen-bond donors (Lipinski definition) is 1. The van der Waals surface area contributed by atoms with Crippen LogP contribution in [0.1, 0.15) is 13.8 Å². The predicted molar refractivity (Wildman–Crippen MR) is 64.1 cm³/mol. The van der Waals surface area contributed by atoms with Crippen molar-refractivity contribution in [1.82, 2.24) is 4.90 Å². The fraction of sp³-hybridized carbons (Fsp3) is 0.385. The number of aliphatic hydroxyl groups excluding tert-OH is 1. The molecule has 0 radical (unpaired) electrons. The van der Waals surface area contributed by atoms with Gasteiger partial charge in [-0.05, 0) is 17.7 Å². The molecule has 0 aromatic heterocycles. The van der Waals surface area contributed by atoms with Gasteiger partial charge < -0.3 is 10.0 Å². The summed E-state index contributed by atoms with van der Waals surface area (Å²) in [4.78, 5) is 2.04. The number of hydrogen-bond acceptors (Lipinski definition) is 2. The number of likely N-dealkylation sites (N-methyl/N-ethyl adjacent to an activating group) is 1. The Balaban J connectivity index is 2.93. The Bertz CT molecular complexity index is 334. The third kappa shape index (κ3) is 2.60. The zero-order valence-electron chi connectivity index (χ0n) is 9.70. The molecule has 2 heteroatoms. The largest absolute Gasteiger partial charge is 0.395 e. The third-order valence-corrected chi connectivity index (χ3v) is 2.64. The Morgan fingerprint density at radius 3 is 2.60 bits per heavy atom. The van der Waals surface area contributed by atoms with Crippen LogP contribution in [-0.2, 0) is 0 Å².